The fourth-order valence-corrected chi connectivity index (χ4v) is 2.24. The summed E-state index contributed by atoms with van der Waals surface area (Å²) in [5.74, 6) is 0. The van der Waals surface area contributed by atoms with Crippen molar-refractivity contribution in [1.29, 1.82) is 0 Å². The maximum absolute atomic E-state index is 5.84. The van der Waals surface area contributed by atoms with Gasteiger partial charge in [-0.1, -0.05) is 30.2 Å². The van der Waals surface area contributed by atoms with Crippen molar-refractivity contribution in [3.05, 3.63) is 34.9 Å². The van der Waals surface area contributed by atoms with Gasteiger partial charge in [-0.2, -0.15) is 5.06 Å². The SMILES string of the molecule is Clc1ccc(CCCON2CCCCC2)cc1. The number of piperidine rings is 1. The molecule has 1 aliphatic heterocycles. The number of halogens is 1. The molecule has 0 bridgehead atoms. The molecule has 0 unspecified atom stereocenters. The molecular weight excluding hydrogens is 234 g/mol. The maximum atomic E-state index is 5.84. The first-order valence-electron chi connectivity index (χ1n) is 6.47. The van der Waals surface area contributed by atoms with Crippen LogP contribution in [0.5, 0.6) is 0 Å². The molecule has 17 heavy (non-hydrogen) atoms. The van der Waals surface area contributed by atoms with Crippen LogP contribution >= 0.6 is 11.6 Å². The summed E-state index contributed by atoms with van der Waals surface area (Å²) in [6.45, 7) is 3.02. The Morgan fingerprint density at radius 1 is 1.06 bits per heavy atom. The van der Waals surface area contributed by atoms with E-state index in [1.54, 1.807) is 0 Å². The second-order valence-corrected chi connectivity index (χ2v) is 4.99. The van der Waals surface area contributed by atoms with E-state index in [9.17, 15) is 0 Å². The van der Waals surface area contributed by atoms with Gasteiger partial charge in [0.1, 0.15) is 0 Å². The van der Waals surface area contributed by atoms with Gasteiger partial charge in [-0.15, -0.1) is 0 Å². The molecule has 0 spiro atoms. The number of hydroxylamine groups is 2. The van der Waals surface area contributed by atoms with Crippen LogP contribution in [0.4, 0.5) is 0 Å². The quantitative estimate of drug-likeness (QED) is 0.742. The predicted octanol–water partition coefficient (Wildman–Crippen LogP) is 3.69. The lowest BCUT2D eigenvalue weighted by Crippen LogP contribution is -2.30. The van der Waals surface area contributed by atoms with Gasteiger partial charge in [0.2, 0.25) is 0 Å². The third-order valence-electron chi connectivity index (χ3n) is 3.11. The summed E-state index contributed by atoms with van der Waals surface area (Å²) in [4.78, 5) is 5.74. The summed E-state index contributed by atoms with van der Waals surface area (Å²) < 4.78 is 0. The lowest BCUT2D eigenvalue weighted by Gasteiger charge is -2.25. The van der Waals surface area contributed by atoms with Gasteiger partial charge in [0, 0.05) is 18.1 Å². The Kier molecular flexibility index (Phi) is 5.30. The summed E-state index contributed by atoms with van der Waals surface area (Å²) in [7, 11) is 0. The van der Waals surface area contributed by atoms with Crippen LogP contribution in [-0.2, 0) is 11.3 Å². The molecule has 0 atom stereocenters. The smallest absolute Gasteiger partial charge is 0.0688 e. The summed E-state index contributed by atoms with van der Waals surface area (Å²) in [6.07, 6.45) is 6.03. The zero-order valence-corrected chi connectivity index (χ0v) is 11.0. The van der Waals surface area contributed by atoms with Crippen molar-refractivity contribution in [3.8, 4) is 0 Å². The minimum Gasteiger partial charge on any atom is -0.299 e. The molecule has 0 amide bonds. The van der Waals surface area contributed by atoms with Crippen molar-refractivity contribution in [2.45, 2.75) is 32.1 Å². The van der Waals surface area contributed by atoms with Gasteiger partial charge >= 0.3 is 0 Å². The van der Waals surface area contributed by atoms with Crippen molar-refractivity contribution in [2.24, 2.45) is 0 Å². The van der Waals surface area contributed by atoms with Gasteiger partial charge in [-0.3, -0.25) is 4.84 Å². The molecule has 0 saturated carbocycles. The first kappa shape index (κ1) is 12.9. The summed E-state index contributed by atoms with van der Waals surface area (Å²) in [6, 6.07) is 8.07. The molecule has 1 aromatic rings. The van der Waals surface area contributed by atoms with E-state index in [2.05, 4.69) is 17.2 Å². The van der Waals surface area contributed by atoms with Crippen LogP contribution in [0.15, 0.2) is 24.3 Å². The van der Waals surface area contributed by atoms with Crippen molar-refractivity contribution < 1.29 is 4.84 Å². The Hall–Kier alpha value is -0.570. The molecule has 2 rings (SSSR count). The lowest BCUT2D eigenvalue weighted by molar-refractivity contribution is -0.168. The Balaban J connectivity index is 1.60. The number of hydrogen-bond acceptors (Lipinski definition) is 2. The van der Waals surface area contributed by atoms with Gasteiger partial charge in [0.25, 0.3) is 0 Å². The van der Waals surface area contributed by atoms with Crippen molar-refractivity contribution in [1.82, 2.24) is 5.06 Å². The molecule has 0 aromatic heterocycles. The molecular formula is C14H20ClNO. The second-order valence-electron chi connectivity index (χ2n) is 4.55. The molecule has 1 fully saturated rings. The normalized spacial score (nSPS) is 17.2. The van der Waals surface area contributed by atoms with Crippen LogP contribution in [0, 0.1) is 0 Å². The average molecular weight is 254 g/mol. The highest BCUT2D eigenvalue weighted by atomic mass is 35.5. The third kappa shape index (κ3) is 4.66. The number of nitrogens with zero attached hydrogens (tertiary/aromatic N) is 1. The summed E-state index contributed by atoms with van der Waals surface area (Å²) in [5.41, 5.74) is 1.33. The van der Waals surface area contributed by atoms with Gasteiger partial charge < -0.3 is 0 Å². The molecule has 0 radical (unpaired) electrons. The highest BCUT2D eigenvalue weighted by molar-refractivity contribution is 6.30. The van der Waals surface area contributed by atoms with E-state index in [0.717, 1.165) is 37.6 Å². The molecule has 0 N–H and O–H groups in total. The first-order chi connectivity index (χ1) is 8.34. The van der Waals surface area contributed by atoms with E-state index in [1.807, 2.05) is 12.1 Å². The Morgan fingerprint density at radius 2 is 1.76 bits per heavy atom. The van der Waals surface area contributed by atoms with Crippen molar-refractivity contribution in [3.63, 3.8) is 0 Å². The minimum absolute atomic E-state index is 0.804. The van der Waals surface area contributed by atoms with E-state index in [0.29, 0.717) is 0 Å². The number of aryl methyl sites for hydroxylation is 1. The summed E-state index contributed by atoms with van der Waals surface area (Å²) in [5, 5.41) is 2.92. The van der Waals surface area contributed by atoms with E-state index in [4.69, 9.17) is 16.4 Å². The summed E-state index contributed by atoms with van der Waals surface area (Å²) >= 11 is 5.84. The molecule has 1 saturated heterocycles. The first-order valence-corrected chi connectivity index (χ1v) is 6.85. The fourth-order valence-electron chi connectivity index (χ4n) is 2.12. The van der Waals surface area contributed by atoms with E-state index in [-0.39, 0.29) is 0 Å². The molecule has 0 aliphatic carbocycles. The van der Waals surface area contributed by atoms with Gasteiger partial charge in [0.15, 0.2) is 0 Å². The highest BCUT2D eigenvalue weighted by Gasteiger charge is 2.09. The number of benzene rings is 1. The fraction of sp³-hybridized carbons (Fsp3) is 0.571. The van der Waals surface area contributed by atoms with Crippen LogP contribution < -0.4 is 0 Å². The van der Waals surface area contributed by atoms with Crippen LogP contribution in [-0.4, -0.2) is 24.8 Å². The molecule has 2 nitrogen and oxygen atoms in total. The lowest BCUT2D eigenvalue weighted by atomic mass is 10.1. The monoisotopic (exact) mass is 253 g/mol. The average Bonchev–Trinajstić information content (AvgIpc) is 2.38. The van der Waals surface area contributed by atoms with Gasteiger partial charge in [-0.05, 0) is 43.4 Å². The van der Waals surface area contributed by atoms with Crippen LogP contribution in [0.1, 0.15) is 31.2 Å². The third-order valence-corrected chi connectivity index (χ3v) is 3.36. The Labute approximate surface area is 108 Å². The second kappa shape index (κ2) is 7.00. The maximum Gasteiger partial charge on any atom is 0.0688 e. The highest BCUT2D eigenvalue weighted by Crippen LogP contribution is 2.12. The number of hydrogen-bond donors (Lipinski definition) is 0. The van der Waals surface area contributed by atoms with Gasteiger partial charge in [0.05, 0.1) is 6.61 Å². The molecule has 3 heteroatoms. The zero-order chi connectivity index (χ0) is 11.9. The van der Waals surface area contributed by atoms with E-state index < -0.39 is 0 Å². The minimum atomic E-state index is 0.804. The largest absolute Gasteiger partial charge is 0.299 e. The van der Waals surface area contributed by atoms with Crippen molar-refractivity contribution >= 4 is 11.6 Å². The van der Waals surface area contributed by atoms with Gasteiger partial charge in [-0.25, -0.2) is 0 Å². The Morgan fingerprint density at radius 3 is 2.47 bits per heavy atom. The van der Waals surface area contributed by atoms with E-state index >= 15 is 0 Å². The predicted molar refractivity (Wildman–Crippen MR) is 71.1 cm³/mol. The topological polar surface area (TPSA) is 12.5 Å². The standard InChI is InChI=1S/C14H20ClNO/c15-14-8-6-13(7-9-14)5-4-12-17-16-10-2-1-3-11-16/h6-9H,1-5,10-12H2. The Bertz CT molecular complexity index is 319. The van der Waals surface area contributed by atoms with E-state index in [1.165, 1.54) is 24.8 Å². The van der Waals surface area contributed by atoms with Crippen LogP contribution in [0.3, 0.4) is 0 Å². The number of rotatable bonds is 5. The van der Waals surface area contributed by atoms with Crippen LogP contribution in [0.2, 0.25) is 5.02 Å². The molecule has 1 aromatic carbocycles. The molecule has 94 valence electrons. The zero-order valence-electron chi connectivity index (χ0n) is 10.2. The molecule has 1 aliphatic rings. The molecule has 1 heterocycles. The van der Waals surface area contributed by atoms with Crippen molar-refractivity contribution in [2.75, 3.05) is 19.7 Å². The van der Waals surface area contributed by atoms with Crippen LogP contribution in [0.25, 0.3) is 0 Å².